The van der Waals surface area contributed by atoms with Gasteiger partial charge in [0.25, 0.3) is 0 Å². The molecule has 9 nitrogen and oxygen atoms in total. The van der Waals surface area contributed by atoms with Crippen molar-refractivity contribution in [1.82, 2.24) is 34.9 Å². The molecule has 0 fully saturated rings. The van der Waals surface area contributed by atoms with Crippen LogP contribution in [0, 0.1) is 20.8 Å². The van der Waals surface area contributed by atoms with Gasteiger partial charge in [-0.15, -0.1) is 0 Å². The van der Waals surface area contributed by atoms with Crippen molar-refractivity contribution in [3.63, 3.8) is 0 Å². The molecule has 1 aliphatic rings. The van der Waals surface area contributed by atoms with Gasteiger partial charge >= 0.3 is 0 Å². The lowest BCUT2D eigenvalue weighted by atomic mass is 9.86. The van der Waals surface area contributed by atoms with Crippen molar-refractivity contribution in [2.75, 3.05) is 9.80 Å². The van der Waals surface area contributed by atoms with Crippen molar-refractivity contribution < 1.29 is 0 Å². The molecule has 0 N–H and O–H groups in total. The molecule has 0 unspecified atom stereocenters. The molecule has 83 heavy (non-hydrogen) atoms. The second-order valence-electron chi connectivity index (χ2n) is 20.7. The maximum Gasteiger partial charge on any atom is 0.238 e. The lowest BCUT2D eigenvalue weighted by Crippen LogP contribution is -2.26. The van der Waals surface area contributed by atoms with Crippen LogP contribution in [0.25, 0.3) is 102 Å². The zero-order chi connectivity index (χ0) is 55.8. The van der Waals surface area contributed by atoms with Crippen LogP contribution in [0.15, 0.2) is 267 Å². The van der Waals surface area contributed by atoms with Crippen molar-refractivity contribution in [2.24, 2.45) is 0 Å². The van der Waals surface area contributed by atoms with E-state index in [0.717, 1.165) is 118 Å². The number of aryl methyl sites for hydroxylation is 3. The predicted molar refractivity (Wildman–Crippen MR) is 337 cm³/mol. The van der Waals surface area contributed by atoms with E-state index < -0.39 is 0 Å². The van der Waals surface area contributed by atoms with Crippen molar-refractivity contribution in [3.05, 3.63) is 284 Å². The number of aromatic nitrogens is 7. The van der Waals surface area contributed by atoms with E-state index in [1.807, 2.05) is 109 Å². The fourth-order valence-corrected chi connectivity index (χ4v) is 11.4. The highest BCUT2D eigenvalue weighted by atomic mass is 15.3. The second kappa shape index (κ2) is 21.6. The molecule has 0 radical (unpaired) electrons. The smallest absolute Gasteiger partial charge is 0.238 e. The van der Waals surface area contributed by atoms with Crippen molar-refractivity contribution in [2.45, 2.75) is 20.8 Å². The maximum atomic E-state index is 5.61. The molecule has 0 amide bonds. The van der Waals surface area contributed by atoms with E-state index in [4.69, 9.17) is 34.9 Å². The summed E-state index contributed by atoms with van der Waals surface area (Å²) in [6.07, 6.45) is 0. The number of anilines is 6. The van der Waals surface area contributed by atoms with Gasteiger partial charge in [0.15, 0.2) is 23.3 Å². The molecule has 4 heterocycles. The van der Waals surface area contributed by atoms with Crippen LogP contribution in [-0.2, 0) is 0 Å². The highest BCUT2D eigenvalue weighted by molar-refractivity contribution is 6.05. The van der Waals surface area contributed by atoms with Gasteiger partial charge in [-0.25, -0.2) is 24.9 Å². The molecule has 0 saturated carbocycles. The van der Waals surface area contributed by atoms with Gasteiger partial charge in [-0.05, 0) is 91.6 Å². The summed E-state index contributed by atoms with van der Waals surface area (Å²) in [4.78, 5) is 42.1. The van der Waals surface area contributed by atoms with Crippen molar-refractivity contribution in [1.29, 1.82) is 0 Å². The van der Waals surface area contributed by atoms with Crippen molar-refractivity contribution in [3.8, 4) is 102 Å². The molecule has 14 rings (SSSR count). The summed E-state index contributed by atoms with van der Waals surface area (Å²) >= 11 is 0. The first-order valence-electron chi connectivity index (χ1n) is 27.8. The Kier molecular flexibility index (Phi) is 13.0. The Labute approximate surface area is 482 Å². The number of nitrogens with zero attached hydrogens (tertiary/aromatic N) is 9. The predicted octanol–water partition coefficient (Wildman–Crippen LogP) is 18.6. The fourth-order valence-electron chi connectivity index (χ4n) is 11.4. The molecule has 0 bridgehead atoms. The van der Waals surface area contributed by atoms with Gasteiger partial charge in [-0.2, -0.15) is 9.97 Å². The van der Waals surface area contributed by atoms with Crippen LogP contribution in [0.4, 0.5) is 34.4 Å². The number of benzene rings is 10. The first-order valence-corrected chi connectivity index (χ1v) is 27.8. The molecule has 10 aromatic carbocycles. The molecule has 1 aliphatic heterocycles. The standard InChI is InChI=1S/C74H53N9/c1-48-42-49(2)69(50(3)43-48)58-45-68(82-64-38-22-24-40-66(64)83(67-41-25-23-39-65(67)82)74-80-72(55-34-18-8-19-35-55)79-73(81-74)56-36-20-9-21-37-56)59(63-47-61(52-28-12-5-13-29-52)76-71(78-63)54-32-16-7-17-33-54)44-57(58)62-46-60(51-26-10-4-11-27-51)75-70(77-62)53-30-14-6-15-31-53/h4-47H,1-3H3. The van der Waals surface area contributed by atoms with E-state index in [2.05, 4.69) is 188 Å². The van der Waals surface area contributed by atoms with Crippen molar-refractivity contribution >= 4 is 34.4 Å². The average Bonchev–Trinajstić information content (AvgIpc) is 2.40. The Balaban J connectivity index is 1.09. The Hall–Kier alpha value is -11.0. The van der Waals surface area contributed by atoms with Gasteiger partial charge in [0.1, 0.15) is 0 Å². The van der Waals surface area contributed by atoms with Crippen LogP contribution < -0.4 is 9.80 Å². The molecule has 3 aromatic heterocycles. The van der Waals surface area contributed by atoms with Gasteiger partial charge in [0, 0.05) is 44.5 Å². The zero-order valence-electron chi connectivity index (χ0n) is 45.9. The Morgan fingerprint density at radius 2 is 0.566 bits per heavy atom. The minimum absolute atomic E-state index is 0.488. The third kappa shape index (κ3) is 9.66. The molecular formula is C74H53N9. The summed E-state index contributed by atoms with van der Waals surface area (Å²) in [5, 5.41) is 0. The Bertz CT molecular complexity index is 4280. The van der Waals surface area contributed by atoms with Gasteiger partial charge < -0.3 is 4.90 Å². The maximum absolute atomic E-state index is 5.61. The zero-order valence-corrected chi connectivity index (χ0v) is 45.9. The molecule has 394 valence electrons. The minimum Gasteiger partial charge on any atom is -0.306 e. The van der Waals surface area contributed by atoms with Crippen LogP contribution >= 0.6 is 0 Å². The lowest BCUT2D eigenvalue weighted by molar-refractivity contribution is 1.01. The lowest BCUT2D eigenvalue weighted by Gasteiger charge is -2.40. The van der Waals surface area contributed by atoms with Gasteiger partial charge in [0.2, 0.25) is 5.95 Å². The van der Waals surface area contributed by atoms with Crippen LogP contribution in [-0.4, -0.2) is 34.9 Å². The van der Waals surface area contributed by atoms with E-state index in [9.17, 15) is 0 Å². The largest absolute Gasteiger partial charge is 0.306 e. The third-order valence-corrected chi connectivity index (χ3v) is 15.1. The second-order valence-corrected chi connectivity index (χ2v) is 20.7. The summed E-state index contributed by atoms with van der Waals surface area (Å²) in [5.41, 5.74) is 20.5. The number of rotatable bonds is 11. The molecule has 9 heteroatoms. The summed E-state index contributed by atoms with van der Waals surface area (Å²) in [7, 11) is 0. The van der Waals surface area contributed by atoms with Crippen LogP contribution in [0.2, 0.25) is 0 Å². The summed E-state index contributed by atoms with van der Waals surface area (Å²) < 4.78 is 0. The average molecular weight is 1070 g/mol. The SMILES string of the molecule is Cc1cc(C)c(-c2cc(N3c4ccccc4N(c4nc(-c5ccccc5)nc(-c5ccccc5)n4)c4ccccc43)c(-c3cc(-c4ccccc4)nc(-c4ccccc4)n3)cc2-c2cc(-c3ccccc3)nc(-c3ccccc3)n2)c(C)c1. The van der Waals surface area contributed by atoms with Gasteiger partial charge in [-0.3, -0.25) is 4.90 Å². The number of hydrogen-bond donors (Lipinski definition) is 0. The molecular weight excluding hydrogens is 1010 g/mol. The topological polar surface area (TPSA) is 96.7 Å². The van der Waals surface area contributed by atoms with E-state index in [0.29, 0.717) is 29.2 Å². The Morgan fingerprint density at radius 1 is 0.241 bits per heavy atom. The number of para-hydroxylation sites is 4. The van der Waals surface area contributed by atoms with Gasteiger partial charge in [-0.1, -0.05) is 224 Å². The highest BCUT2D eigenvalue weighted by Crippen LogP contribution is 2.57. The summed E-state index contributed by atoms with van der Waals surface area (Å²) in [6.45, 7) is 6.59. The van der Waals surface area contributed by atoms with E-state index in [-0.39, 0.29) is 0 Å². The first-order chi connectivity index (χ1) is 40.9. The first kappa shape index (κ1) is 50.2. The molecule has 0 atom stereocenters. The van der Waals surface area contributed by atoms with E-state index >= 15 is 0 Å². The highest BCUT2D eigenvalue weighted by Gasteiger charge is 2.35. The third-order valence-electron chi connectivity index (χ3n) is 15.1. The number of hydrogen-bond acceptors (Lipinski definition) is 9. The number of fused-ring (bicyclic) bond motifs is 2. The quantitative estimate of drug-likeness (QED) is 0.125. The Morgan fingerprint density at radius 3 is 0.964 bits per heavy atom. The van der Waals surface area contributed by atoms with Crippen LogP contribution in [0.5, 0.6) is 0 Å². The van der Waals surface area contributed by atoms with Crippen LogP contribution in [0.3, 0.4) is 0 Å². The minimum atomic E-state index is 0.488. The molecule has 0 aliphatic carbocycles. The monoisotopic (exact) mass is 1070 g/mol. The van der Waals surface area contributed by atoms with Gasteiger partial charge in [0.05, 0.1) is 51.2 Å². The molecule has 0 saturated heterocycles. The fraction of sp³-hybridized carbons (Fsp3) is 0.0405. The molecule has 13 aromatic rings. The normalized spacial score (nSPS) is 11.7. The van der Waals surface area contributed by atoms with Crippen LogP contribution in [0.1, 0.15) is 16.7 Å². The van der Waals surface area contributed by atoms with E-state index in [1.54, 1.807) is 0 Å². The van der Waals surface area contributed by atoms with E-state index in [1.165, 1.54) is 5.56 Å². The summed E-state index contributed by atoms with van der Waals surface area (Å²) in [5.74, 6) is 2.86. The summed E-state index contributed by atoms with van der Waals surface area (Å²) in [6, 6.07) is 92.0. The molecule has 0 spiro atoms.